The molecular formula is C18H13Cl2N3O2S2. The lowest BCUT2D eigenvalue weighted by atomic mass is 10.1. The summed E-state index contributed by atoms with van der Waals surface area (Å²) < 4.78 is 0.591. The Morgan fingerprint density at radius 3 is 2.56 bits per heavy atom. The van der Waals surface area contributed by atoms with Crippen LogP contribution >= 0.6 is 46.3 Å². The van der Waals surface area contributed by atoms with Crippen molar-refractivity contribution in [3.05, 3.63) is 69.2 Å². The van der Waals surface area contributed by atoms with Crippen LogP contribution in [0.5, 0.6) is 0 Å². The zero-order valence-electron chi connectivity index (χ0n) is 14.0. The maximum atomic E-state index is 12.3. The van der Waals surface area contributed by atoms with Gasteiger partial charge in [0.15, 0.2) is 10.1 Å². The number of rotatable bonds is 6. The van der Waals surface area contributed by atoms with E-state index in [1.165, 1.54) is 35.2 Å². The molecule has 0 aliphatic carbocycles. The number of benzene rings is 2. The Morgan fingerprint density at radius 1 is 1.11 bits per heavy atom. The molecule has 0 aliphatic rings. The zero-order chi connectivity index (χ0) is 19.4. The summed E-state index contributed by atoms with van der Waals surface area (Å²) in [6.45, 7) is 1.97. The summed E-state index contributed by atoms with van der Waals surface area (Å²) in [6, 6.07) is 12.0. The van der Waals surface area contributed by atoms with Crippen molar-refractivity contribution in [2.75, 3.05) is 11.1 Å². The van der Waals surface area contributed by atoms with Crippen molar-refractivity contribution in [1.29, 1.82) is 0 Å². The Kier molecular flexibility index (Phi) is 6.49. The quantitative estimate of drug-likeness (QED) is 0.318. The fraction of sp³-hybridized carbons (Fsp3) is 0.111. The Labute approximate surface area is 174 Å². The van der Waals surface area contributed by atoms with E-state index in [2.05, 4.69) is 15.5 Å². The summed E-state index contributed by atoms with van der Waals surface area (Å²) in [7, 11) is 0. The van der Waals surface area contributed by atoms with Crippen LogP contribution in [0.1, 0.15) is 26.3 Å². The molecular weight excluding hydrogens is 425 g/mol. The van der Waals surface area contributed by atoms with Gasteiger partial charge in [-0.25, -0.2) is 0 Å². The summed E-state index contributed by atoms with van der Waals surface area (Å²) in [5.41, 5.74) is 2.05. The van der Waals surface area contributed by atoms with Gasteiger partial charge in [0.2, 0.25) is 5.13 Å². The number of hydrogen-bond acceptors (Lipinski definition) is 6. The lowest BCUT2D eigenvalue weighted by Crippen LogP contribution is -2.12. The SMILES string of the molecule is Cc1ccc(C(=O)CSc2nnc(NC(=O)c3ccc(Cl)cc3Cl)s2)cc1. The average molecular weight is 438 g/mol. The van der Waals surface area contributed by atoms with Crippen LogP contribution in [0.2, 0.25) is 10.0 Å². The zero-order valence-corrected chi connectivity index (χ0v) is 17.2. The van der Waals surface area contributed by atoms with Gasteiger partial charge >= 0.3 is 0 Å². The van der Waals surface area contributed by atoms with Crippen LogP contribution < -0.4 is 5.32 Å². The number of amides is 1. The number of carbonyl (C=O) groups is 2. The van der Waals surface area contributed by atoms with Crippen molar-refractivity contribution in [2.24, 2.45) is 0 Å². The lowest BCUT2D eigenvalue weighted by Gasteiger charge is -2.03. The van der Waals surface area contributed by atoms with Gasteiger partial charge < -0.3 is 0 Å². The topological polar surface area (TPSA) is 72.0 Å². The number of aryl methyl sites for hydroxylation is 1. The summed E-state index contributed by atoms with van der Waals surface area (Å²) in [4.78, 5) is 24.5. The molecule has 138 valence electrons. The highest BCUT2D eigenvalue weighted by atomic mass is 35.5. The van der Waals surface area contributed by atoms with E-state index in [4.69, 9.17) is 23.2 Å². The molecule has 0 atom stereocenters. The number of aromatic nitrogens is 2. The third-order valence-corrected chi connectivity index (χ3v) is 6.02. The van der Waals surface area contributed by atoms with Crippen LogP contribution in [0.4, 0.5) is 5.13 Å². The lowest BCUT2D eigenvalue weighted by molar-refractivity contribution is 0.101. The monoisotopic (exact) mass is 437 g/mol. The van der Waals surface area contributed by atoms with Gasteiger partial charge in [0.25, 0.3) is 5.91 Å². The van der Waals surface area contributed by atoms with Crippen molar-refractivity contribution >= 4 is 63.1 Å². The maximum Gasteiger partial charge on any atom is 0.259 e. The molecule has 0 saturated carbocycles. The van der Waals surface area contributed by atoms with E-state index in [-0.39, 0.29) is 16.6 Å². The molecule has 1 amide bonds. The van der Waals surface area contributed by atoms with Crippen LogP contribution in [-0.4, -0.2) is 27.6 Å². The number of Topliss-reactive ketones (excluding diaryl/α,β-unsaturated/α-hetero) is 1. The van der Waals surface area contributed by atoms with Gasteiger partial charge in [-0.05, 0) is 25.1 Å². The number of carbonyl (C=O) groups excluding carboxylic acids is 2. The summed E-state index contributed by atoms with van der Waals surface area (Å²) in [5.74, 6) is -0.150. The van der Waals surface area contributed by atoms with Crippen molar-refractivity contribution in [2.45, 2.75) is 11.3 Å². The van der Waals surface area contributed by atoms with Gasteiger partial charge in [-0.15, -0.1) is 10.2 Å². The van der Waals surface area contributed by atoms with E-state index in [1.54, 1.807) is 18.2 Å². The summed E-state index contributed by atoms with van der Waals surface area (Å²) >= 11 is 14.3. The first-order valence-electron chi connectivity index (χ1n) is 7.75. The first-order chi connectivity index (χ1) is 12.9. The van der Waals surface area contributed by atoms with Crippen molar-refractivity contribution in [3.63, 3.8) is 0 Å². The number of nitrogens with zero attached hydrogens (tertiary/aromatic N) is 2. The predicted molar refractivity (Wildman–Crippen MR) is 111 cm³/mol. The van der Waals surface area contributed by atoms with Crippen LogP contribution in [0.3, 0.4) is 0 Å². The molecule has 1 N–H and O–H groups in total. The minimum Gasteiger partial charge on any atom is -0.296 e. The van der Waals surface area contributed by atoms with E-state index >= 15 is 0 Å². The molecule has 3 aromatic rings. The Morgan fingerprint density at radius 2 is 1.85 bits per heavy atom. The van der Waals surface area contributed by atoms with E-state index in [9.17, 15) is 9.59 Å². The Bertz CT molecular complexity index is 991. The van der Waals surface area contributed by atoms with Crippen LogP contribution in [0, 0.1) is 6.92 Å². The first-order valence-corrected chi connectivity index (χ1v) is 10.3. The van der Waals surface area contributed by atoms with Crippen molar-refractivity contribution in [3.8, 4) is 0 Å². The number of halogens is 2. The number of nitrogens with one attached hydrogen (secondary N) is 1. The smallest absolute Gasteiger partial charge is 0.259 e. The molecule has 0 aliphatic heterocycles. The van der Waals surface area contributed by atoms with Crippen LogP contribution in [0.25, 0.3) is 0 Å². The number of anilines is 1. The van der Waals surface area contributed by atoms with Gasteiger partial charge in [0, 0.05) is 10.6 Å². The molecule has 3 rings (SSSR count). The third-order valence-electron chi connectivity index (χ3n) is 3.50. The van der Waals surface area contributed by atoms with Crippen LogP contribution in [-0.2, 0) is 0 Å². The van der Waals surface area contributed by atoms with Crippen molar-refractivity contribution in [1.82, 2.24) is 10.2 Å². The highest BCUT2D eigenvalue weighted by Crippen LogP contribution is 2.27. The van der Waals surface area contributed by atoms with Gasteiger partial charge in [-0.2, -0.15) is 0 Å². The summed E-state index contributed by atoms with van der Waals surface area (Å²) in [5, 5.41) is 11.6. The van der Waals surface area contributed by atoms with Crippen LogP contribution in [0.15, 0.2) is 46.8 Å². The molecule has 0 fully saturated rings. The highest BCUT2D eigenvalue weighted by Gasteiger charge is 2.15. The summed E-state index contributed by atoms with van der Waals surface area (Å²) in [6.07, 6.45) is 0. The Hall–Kier alpha value is -1.93. The fourth-order valence-electron chi connectivity index (χ4n) is 2.11. The highest BCUT2D eigenvalue weighted by molar-refractivity contribution is 8.01. The molecule has 0 saturated heterocycles. The largest absolute Gasteiger partial charge is 0.296 e. The molecule has 5 nitrogen and oxygen atoms in total. The van der Waals surface area contributed by atoms with Crippen molar-refractivity contribution < 1.29 is 9.59 Å². The second kappa shape index (κ2) is 8.84. The van der Waals surface area contributed by atoms with E-state index in [0.29, 0.717) is 25.6 Å². The molecule has 1 aromatic heterocycles. The van der Waals surface area contributed by atoms with Gasteiger partial charge in [-0.3, -0.25) is 14.9 Å². The second-order valence-electron chi connectivity index (χ2n) is 5.53. The average Bonchev–Trinajstić information content (AvgIpc) is 3.07. The van der Waals surface area contributed by atoms with Gasteiger partial charge in [0.1, 0.15) is 0 Å². The Balaban J connectivity index is 1.59. The standard InChI is InChI=1S/C18H13Cl2N3O2S2/c1-10-2-4-11(5-3-10)15(24)9-26-18-23-22-17(27-18)21-16(25)13-7-6-12(19)8-14(13)20/h2-8H,9H2,1H3,(H,21,22,25). The minimum atomic E-state index is -0.403. The van der Waals surface area contributed by atoms with Gasteiger partial charge in [0.05, 0.1) is 16.3 Å². The van der Waals surface area contributed by atoms with E-state index in [0.717, 1.165) is 5.56 Å². The third kappa shape index (κ3) is 5.29. The predicted octanol–water partition coefficient (Wildman–Crippen LogP) is 5.38. The molecule has 1 heterocycles. The molecule has 27 heavy (non-hydrogen) atoms. The second-order valence-corrected chi connectivity index (χ2v) is 8.57. The van der Waals surface area contributed by atoms with Gasteiger partial charge in [-0.1, -0.05) is 76.1 Å². The molecule has 9 heteroatoms. The minimum absolute atomic E-state index is 0.00808. The first kappa shape index (κ1) is 19.8. The fourth-order valence-corrected chi connectivity index (χ4v) is 4.24. The number of hydrogen-bond donors (Lipinski definition) is 1. The number of thioether (sulfide) groups is 1. The van der Waals surface area contributed by atoms with E-state index in [1.807, 2.05) is 19.1 Å². The van der Waals surface area contributed by atoms with E-state index < -0.39 is 5.91 Å². The molecule has 0 unspecified atom stereocenters. The molecule has 2 aromatic carbocycles. The molecule has 0 bridgehead atoms. The molecule has 0 radical (unpaired) electrons. The normalized spacial score (nSPS) is 10.6. The molecule has 0 spiro atoms. The number of ketones is 1. The maximum absolute atomic E-state index is 12.3.